The summed E-state index contributed by atoms with van der Waals surface area (Å²) in [6, 6.07) is 11.4. The molecule has 7 heteroatoms. The van der Waals surface area contributed by atoms with Crippen molar-refractivity contribution >= 4 is 11.8 Å². The zero-order chi connectivity index (χ0) is 20.3. The quantitative estimate of drug-likeness (QED) is 0.620. The first-order valence-electron chi connectivity index (χ1n) is 10.1. The van der Waals surface area contributed by atoms with Crippen LogP contribution in [0, 0.1) is 0 Å². The molecule has 0 bridgehead atoms. The normalized spacial score (nSPS) is 14.5. The average Bonchev–Trinajstić information content (AvgIpc) is 3.30. The van der Waals surface area contributed by atoms with Crippen LogP contribution in [0.2, 0.25) is 0 Å². The average molecular weight is 399 g/mol. The van der Waals surface area contributed by atoms with Gasteiger partial charge >= 0.3 is 0 Å². The van der Waals surface area contributed by atoms with Crippen molar-refractivity contribution in [3.63, 3.8) is 0 Å². The molecule has 2 amide bonds. The lowest BCUT2D eigenvalue weighted by molar-refractivity contribution is -0.121. The van der Waals surface area contributed by atoms with Gasteiger partial charge in [-0.05, 0) is 24.6 Å². The van der Waals surface area contributed by atoms with Crippen LogP contribution in [0.3, 0.4) is 0 Å². The number of benzene rings is 1. The van der Waals surface area contributed by atoms with E-state index in [-0.39, 0.29) is 18.2 Å². The first kappa shape index (κ1) is 21.1. The number of morpholine rings is 1. The molecule has 7 nitrogen and oxygen atoms in total. The predicted molar refractivity (Wildman–Crippen MR) is 109 cm³/mol. The van der Waals surface area contributed by atoms with Gasteiger partial charge in [0, 0.05) is 39.1 Å². The third kappa shape index (κ3) is 7.03. The van der Waals surface area contributed by atoms with Gasteiger partial charge in [0.1, 0.15) is 6.26 Å². The zero-order valence-corrected chi connectivity index (χ0v) is 16.7. The molecule has 156 valence electrons. The Bertz CT molecular complexity index is 743. The van der Waals surface area contributed by atoms with Crippen LogP contribution in [0.1, 0.15) is 28.8 Å². The van der Waals surface area contributed by atoms with Crippen LogP contribution in [0.5, 0.6) is 0 Å². The third-order valence-corrected chi connectivity index (χ3v) is 4.96. The number of amides is 2. The molecule has 1 aliphatic heterocycles. The number of ether oxygens (including phenoxy) is 1. The van der Waals surface area contributed by atoms with Crippen LogP contribution in [-0.4, -0.2) is 67.6 Å². The number of carbonyl (C=O) groups excluding carboxylic acids is 2. The topological polar surface area (TPSA) is 75.0 Å². The van der Waals surface area contributed by atoms with Crippen LogP contribution < -0.4 is 5.32 Å². The molecule has 0 unspecified atom stereocenters. The summed E-state index contributed by atoms with van der Waals surface area (Å²) in [5, 5.41) is 2.96. The number of rotatable bonds is 10. The summed E-state index contributed by atoms with van der Waals surface area (Å²) < 4.78 is 10.4. The summed E-state index contributed by atoms with van der Waals surface area (Å²) in [7, 11) is 0. The fourth-order valence-electron chi connectivity index (χ4n) is 3.31. The highest BCUT2D eigenvalue weighted by molar-refractivity contribution is 5.94. The van der Waals surface area contributed by atoms with Gasteiger partial charge in [0.25, 0.3) is 5.91 Å². The molecule has 29 heavy (non-hydrogen) atoms. The van der Waals surface area contributed by atoms with E-state index in [2.05, 4.69) is 10.2 Å². The minimum Gasteiger partial charge on any atom is -0.472 e. The molecule has 1 aromatic heterocycles. The van der Waals surface area contributed by atoms with Crippen molar-refractivity contribution < 1.29 is 18.7 Å². The molecule has 1 saturated heterocycles. The fraction of sp³-hybridized carbons (Fsp3) is 0.455. The van der Waals surface area contributed by atoms with Gasteiger partial charge in [-0.15, -0.1) is 0 Å². The van der Waals surface area contributed by atoms with Gasteiger partial charge in [-0.2, -0.15) is 0 Å². The lowest BCUT2D eigenvalue weighted by Gasteiger charge is -2.26. The summed E-state index contributed by atoms with van der Waals surface area (Å²) in [5.74, 6) is -0.173. The molecule has 0 spiro atoms. The molecule has 1 aromatic carbocycles. The predicted octanol–water partition coefficient (Wildman–Crippen LogP) is 2.15. The van der Waals surface area contributed by atoms with Crippen molar-refractivity contribution in [3.8, 4) is 0 Å². The standard InChI is InChI=1S/C22H29N3O4/c26-21(23-9-4-10-24-12-15-28-16-13-24)7-11-25(17-19-5-2-1-3-6-19)22(27)20-8-14-29-18-20/h1-3,5-6,8,14,18H,4,7,9-13,15-17H2,(H,23,26). The van der Waals surface area contributed by atoms with Crippen molar-refractivity contribution in [1.82, 2.24) is 15.1 Å². The molecule has 1 N–H and O–H groups in total. The maximum atomic E-state index is 12.8. The van der Waals surface area contributed by atoms with Crippen molar-refractivity contribution in [2.45, 2.75) is 19.4 Å². The fourth-order valence-corrected chi connectivity index (χ4v) is 3.31. The van der Waals surface area contributed by atoms with Crippen molar-refractivity contribution in [2.75, 3.05) is 45.9 Å². The van der Waals surface area contributed by atoms with Crippen molar-refractivity contribution in [1.29, 1.82) is 0 Å². The van der Waals surface area contributed by atoms with Gasteiger partial charge < -0.3 is 19.4 Å². The van der Waals surface area contributed by atoms with E-state index in [1.165, 1.54) is 12.5 Å². The molecule has 0 saturated carbocycles. The van der Waals surface area contributed by atoms with Crippen molar-refractivity contribution in [2.24, 2.45) is 0 Å². The lowest BCUT2D eigenvalue weighted by Crippen LogP contribution is -2.38. The molecule has 2 heterocycles. The summed E-state index contributed by atoms with van der Waals surface area (Å²) in [6.45, 7) is 5.90. The minimum atomic E-state index is -0.136. The van der Waals surface area contributed by atoms with E-state index in [1.54, 1.807) is 11.0 Å². The molecule has 1 aliphatic rings. The van der Waals surface area contributed by atoms with Crippen LogP contribution in [0.25, 0.3) is 0 Å². The van der Waals surface area contributed by atoms with Gasteiger partial charge in [0.05, 0.1) is 25.0 Å². The van der Waals surface area contributed by atoms with E-state index in [9.17, 15) is 9.59 Å². The smallest absolute Gasteiger partial charge is 0.257 e. The Balaban J connectivity index is 1.44. The van der Waals surface area contributed by atoms with Crippen LogP contribution in [0.15, 0.2) is 53.3 Å². The molecule has 0 radical (unpaired) electrons. The SMILES string of the molecule is O=C(CCN(Cc1ccccc1)C(=O)c1ccoc1)NCCCN1CCOCC1. The monoisotopic (exact) mass is 399 g/mol. The summed E-state index contributed by atoms with van der Waals surface area (Å²) >= 11 is 0. The van der Waals surface area contributed by atoms with Gasteiger partial charge in [0.2, 0.25) is 5.91 Å². The number of furan rings is 1. The minimum absolute atomic E-state index is 0.0370. The van der Waals surface area contributed by atoms with E-state index < -0.39 is 0 Å². The Morgan fingerprint density at radius 3 is 2.62 bits per heavy atom. The van der Waals surface area contributed by atoms with Crippen LogP contribution in [0.4, 0.5) is 0 Å². The van der Waals surface area contributed by atoms with Gasteiger partial charge in [-0.25, -0.2) is 0 Å². The van der Waals surface area contributed by atoms with Crippen molar-refractivity contribution in [3.05, 3.63) is 60.1 Å². The highest BCUT2D eigenvalue weighted by Gasteiger charge is 2.18. The van der Waals surface area contributed by atoms with Gasteiger partial charge in [-0.3, -0.25) is 14.5 Å². The number of nitrogens with zero attached hydrogens (tertiary/aromatic N) is 2. The third-order valence-electron chi connectivity index (χ3n) is 4.96. The molecule has 3 rings (SSSR count). The first-order valence-corrected chi connectivity index (χ1v) is 10.1. The highest BCUT2D eigenvalue weighted by Crippen LogP contribution is 2.11. The molecule has 2 aromatic rings. The van der Waals surface area contributed by atoms with Crippen LogP contribution >= 0.6 is 0 Å². The number of hydrogen-bond donors (Lipinski definition) is 1. The molecule has 0 atom stereocenters. The van der Waals surface area contributed by atoms with E-state index in [4.69, 9.17) is 9.15 Å². The summed E-state index contributed by atoms with van der Waals surface area (Å²) in [6.07, 6.45) is 4.10. The first-order chi connectivity index (χ1) is 14.2. The second kappa shape index (κ2) is 11.4. The molecular formula is C22H29N3O4. The molecule has 0 aliphatic carbocycles. The van der Waals surface area contributed by atoms with E-state index >= 15 is 0 Å². The second-order valence-electron chi connectivity index (χ2n) is 7.13. The number of nitrogens with one attached hydrogen (secondary N) is 1. The Morgan fingerprint density at radius 1 is 1.10 bits per heavy atom. The number of carbonyl (C=O) groups is 2. The molecule has 1 fully saturated rings. The van der Waals surface area contributed by atoms with Crippen LogP contribution in [-0.2, 0) is 16.1 Å². The molecular weight excluding hydrogens is 370 g/mol. The van der Waals surface area contributed by atoms with E-state index in [0.29, 0.717) is 25.2 Å². The number of hydrogen-bond acceptors (Lipinski definition) is 5. The lowest BCUT2D eigenvalue weighted by atomic mass is 10.2. The summed E-state index contributed by atoms with van der Waals surface area (Å²) in [4.78, 5) is 29.1. The maximum Gasteiger partial charge on any atom is 0.257 e. The zero-order valence-electron chi connectivity index (χ0n) is 16.7. The second-order valence-corrected chi connectivity index (χ2v) is 7.13. The summed E-state index contributed by atoms with van der Waals surface area (Å²) in [5.41, 5.74) is 1.52. The van der Waals surface area contributed by atoms with E-state index in [0.717, 1.165) is 44.8 Å². The Labute approximate surface area is 171 Å². The Morgan fingerprint density at radius 2 is 1.90 bits per heavy atom. The van der Waals surface area contributed by atoms with Gasteiger partial charge in [-0.1, -0.05) is 30.3 Å². The largest absolute Gasteiger partial charge is 0.472 e. The Hall–Kier alpha value is -2.64. The highest BCUT2D eigenvalue weighted by atomic mass is 16.5. The Kier molecular flexibility index (Phi) is 8.27. The van der Waals surface area contributed by atoms with E-state index in [1.807, 2.05) is 30.3 Å². The van der Waals surface area contributed by atoms with Gasteiger partial charge in [0.15, 0.2) is 0 Å². The maximum absolute atomic E-state index is 12.8.